The Hall–Kier alpha value is -8.76. The lowest BCUT2D eigenvalue weighted by Gasteiger charge is -2.24. The average molecular weight is 2060 g/mol. The number of aromatic nitrogens is 4. The number of rotatable bonds is 79. The van der Waals surface area contributed by atoms with Gasteiger partial charge in [-0.1, -0.05) is 48.5 Å². The number of aliphatic hydroxyl groups excluding tert-OH is 19. The van der Waals surface area contributed by atoms with Crippen LogP contribution in [-0.2, 0) is 80.5 Å². The number of aromatic amines is 4. The SMILES string of the molecule is COc1ccc(C2=c3ccc([nH]3)=C(c3ccc(OC)cc3)c3ccc([nH]3)C(c3ccc(OCC(COCC(CO)OCC(CO)OCC(O)COCC(O)COCC(O)CO)OCC(O)COCC(COCC(O)CO)OCC(O)COCC(COCC(O)COCC(O)COCC(O)CO)OCC(O)COCC(COCC(O)CO)OCC(O)CO)cc3)=c3ccc([nH]3)=C(c3ccc(OC)cc3)c3ccc2[nH]3)cc1. The fourth-order valence-corrected chi connectivity index (χ4v) is 14.4. The molecule has 9 rings (SSSR count). The van der Waals surface area contributed by atoms with Gasteiger partial charge in [0.2, 0.25) is 0 Å². The second-order valence-electron chi connectivity index (χ2n) is 34.4. The smallest absolute Gasteiger partial charge is 0.119 e. The third-order valence-electron chi connectivity index (χ3n) is 22.0. The minimum atomic E-state index is -1.33. The predicted molar refractivity (Wildman–Crippen MR) is 518 cm³/mol. The molecule has 5 heterocycles. The van der Waals surface area contributed by atoms with Crippen LogP contribution in [-0.4, -0.2) is 486 Å². The lowest BCUT2D eigenvalue weighted by atomic mass is 10.0. The standard InChI is InChI=1S/C101H146N4O40/c1-125-80-12-4-64(5-13-80)98-90-20-22-92(102-90)99(65-6-14-81(126-2)15-7-65)94-24-26-96(104-94)101(97-27-25-95(105-97)100(93-23-21-91(98)103-93)66-8-16-82(127-3)17-9-66)67-10-18-83(19-11-67)144-63-89(61-138-54-84(33-111)145-62-85(34-112)139-50-76(121)45-131-42-74(119)40-129-36-69(114)29-107)143-53-79(124)48-137-59-87(56-133-38-71(116)31-109)141-51-78(123)47-136-60-88(58-134-44-75(120)43-130-41-73(118)39-128-35-68(113)28-106)142-52-77(122)46-135-57-86(140-49-72(117)32-110)55-132-37-70(115)30-108/h4-27,68-79,84-89,102-124H,28-63H2,1-3H3. The van der Waals surface area contributed by atoms with E-state index in [1.807, 2.05) is 109 Å². The van der Waals surface area contributed by atoms with Gasteiger partial charge in [-0.15, -0.1) is 0 Å². The number of hydrogen-bond acceptors (Lipinski definition) is 40. The van der Waals surface area contributed by atoms with Crippen LogP contribution in [0.15, 0.2) is 146 Å². The molecule has 8 aromatic rings. The molecular weight excluding hydrogens is 1910 g/mol. The molecular formula is C101H146N4O40. The van der Waals surface area contributed by atoms with Gasteiger partial charge in [0, 0.05) is 66.5 Å². The van der Waals surface area contributed by atoms with Crippen LogP contribution < -0.4 is 40.3 Å². The maximum Gasteiger partial charge on any atom is 0.119 e. The van der Waals surface area contributed by atoms with Gasteiger partial charge in [0.25, 0.3) is 0 Å². The summed E-state index contributed by atoms with van der Waals surface area (Å²) in [5.41, 5.74) is 10.1. The highest BCUT2D eigenvalue weighted by molar-refractivity contribution is 5.85. The lowest BCUT2D eigenvalue weighted by molar-refractivity contribution is -0.131. The molecule has 0 saturated carbocycles. The van der Waals surface area contributed by atoms with Crippen molar-refractivity contribution < 1.29 is 196 Å². The van der Waals surface area contributed by atoms with Gasteiger partial charge in [-0.05, 0) is 119 Å². The third-order valence-corrected chi connectivity index (χ3v) is 22.0. The van der Waals surface area contributed by atoms with Gasteiger partial charge in [0.05, 0.1) is 253 Å². The Kier molecular flexibility index (Phi) is 55.6. The van der Waals surface area contributed by atoms with Gasteiger partial charge >= 0.3 is 0 Å². The first kappa shape index (κ1) is 120. The van der Waals surface area contributed by atoms with E-state index in [-0.39, 0.29) is 185 Å². The average Bonchev–Trinajstić information content (AvgIpc) is 1.61. The van der Waals surface area contributed by atoms with Crippen molar-refractivity contribution in [3.63, 3.8) is 0 Å². The maximum absolute atomic E-state index is 11.6. The zero-order valence-corrected chi connectivity index (χ0v) is 81.8. The molecule has 44 nitrogen and oxygen atoms in total. The van der Waals surface area contributed by atoms with E-state index in [0.29, 0.717) is 23.0 Å². The molecule has 18 unspecified atom stereocenters. The molecule has 0 aliphatic carbocycles. The Morgan fingerprint density at radius 1 is 0.179 bits per heavy atom. The van der Waals surface area contributed by atoms with E-state index in [0.717, 1.165) is 88.7 Å². The van der Waals surface area contributed by atoms with E-state index in [1.165, 1.54) is 0 Å². The first-order valence-corrected chi connectivity index (χ1v) is 47.8. The van der Waals surface area contributed by atoms with Gasteiger partial charge in [0.15, 0.2) is 0 Å². The van der Waals surface area contributed by atoms with E-state index in [1.54, 1.807) is 33.5 Å². The van der Waals surface area contributed by atoms with Gasteiger partial charge in [0.1, 0.15) is 139 Å². The van der Waals surface area contributed by atoms with E-state index in [9.17, 15) is 86.8 Å². The summed E-state index contributed by atoms with van der Waals surface area (Å²) in [7, 11) is 4.88. The second-order valence-corrected chi connectivity index (χ2v) is 34.4. The van der Waals surface area contributed by atoms with Crippen LogP contribution in [0.3, 0.4) is 0 Å². The number of nitrogens with one attached hydrogen (secondary N) is 4. The molecule has 0 saturated heterocycles. The molecule has 0 radical (unpaired) electrons. The van der Waals surface area contributed by atoms with Crippen molar-refractivity contribution in [1.29, 1.82) is 0 Å². The van der Waals surface area contributed by atoms with Crippen molar-refractivity contribution in [3.8, 4) is 23.0 Å². The number of aliphatic hydroxyl groups is 19. The quantitative estimate of drug-likeness (QED) is 0.0169. The minimum Gasteiger partial charge on any atom is -0.497 e. The van der Waals surface area contributed by atoms with E-state index in [2.05, 4.69) is 44.2 Å². The summed E-state index contributed by atoms with van der Waals surface area (Å²) >= 11 is 0. The van der Waals surface area contributed by atoms with Crippen LogP contribution in [0.4, 0.5) is 0 Å². The highest BCUT2D eigenvalue weighted by Gasteiger charge is 2.27. The topological polar surface area (TPSA) is 641 Å². The Bertz CT molecular complexity index is 5050. The third kappa shape index (κ3) is 43.0. The molecule has 0 amide bonds. The minimum absolute atomic E-state index is 0.158. The highest BCUT2D eigenvalue weighted by Crippen LogP contribution is 2.31. The zero-order valence-electron chi connectivity index (χ0n) is 81.8. The molecule has 810 valence electrons. The van der Waals surface area contributed by atoms with E-state index >= 15 is 0 Å². The summed E-state index contributed by atoms with van der Waals surface area (Å²) in [5.74, 6) is 2.47. The fraction of sp³-hybridized carbons (Fsp3) is 0.564. The molecule has 18 atom stereocenters. The maximum atomic E-state index is 11.6. The van der Waals surface area contributed by atoms with Crippen molar-refractivity contribution in [3.05, 3.63) is 212 Å². The van der Waals surface area contributed by atoms with Gasteiger partial charge < -0.3 is 216 Å². The summed E-state index contributed by atoms with van der Waals surface area (Å²) in [4.78, 5) is 15.3. The number of methoxy groups -OCH3 is 3. The van der Waals surface area contributed by atoms with Crippen LogP contribution in [0.5, 0.6) is 23.0 Å². The summed E-state index contributed by atoms with van der Waals surface area (Å²) in [5, 5.41) is 194. The first-order valence-electron chi connectivity index (χ1n) is 47.8. The monoisotopic (exact) mass is 2050 g/mol. The molecule has 23 N–H and O–H groups in total. The molecule has 4 aromatic carbocycles. The van der Waals surface area contributed by atoms with Crippen LogP contribution in [0, 0.1) is 0 Å². The normalized spacial score (nSPS) is 16.3. The summed E-state index contributed by atoms with van der Waals surface area (Å²) in [6, 6.07) is 47.5. The Morgan fingerprint density at radius 2 is 0.366 bits per heavy atom. The molecule has 4 aromatic heterocycles. The van der Waals surface area contributed by atoms with Crippen molar-refractivity contribution >= 4 is 22.3 Å². The molecule has 145 heavy (non-hydrogen) atoms. The number of fused-ring (bicyclic) bond motifs is 8. The molecule has 8 bridgehead atoms. The Morgan fingerprint density at radius 3 is 0.614 bits per heavy atom. The van der Waals surface area contributed by atoms with Gasteiger partial charge in [-0.2, -0.15) is 0 Å². The summed E-state index contributed by atoms with van der Waals surface area (Å²) < 4.78 is 120. The number of ether oxygens (including phenoxy) is 21. The van der Waals surface area contributed by atoms with Gasteiger partial charge in [-0.3, -0.25) is 0 Å². The van der Waals surface area contributed by atoms with Crippen molar-refractivity contribution in [2.45, 2.75) is 110 Å². The van der Waals surface area contributed by atoms with Gasteiger partial charge in [-0.25, -0.2) is 0 Å². The van der Waals surface area contributed by atoms with Crippen LogP contribution in [0.25, 0.3) is 22.3 Å². The number of H-pyrrole nitrogens is 4. The lowest BCUT2D eigenvalue weighted by Crippen LogP contribution is -2.37. The van der Waals surface area contributed by atoms with Crippen LogP contribution in [0.2, 0.25) is 0 Å². The Balaban J connectivity index is 0.898. The van der Waals surface area contributed by atoms with Crippen molar-refractivity contribution in [2.24, 2.45) is 0 Å². The zero-order chi connectivity index (χ0) is 104. The Labute approximate surface area is 839 Å². The van der Waals surface area contributed by atoms with E-state index < -0.39 is 163 Å². The molecule has 1 aliphatic heterocycles. The number of benzene rings is 4. The molecule has 0 fully saturated rings. The van der Waals surface area contributed by atoms with E-state index in [4.69, 9.17) is 110 Å². The first-order chi connectivity index (χ1) is 70.3. The fourth-order valence-electron chi connectivity index (χ4n) is 14.4. The van der Waals surface area contributed by atoms with Crippen LogP contribution >= 0.6 is 0 Å². The largest absolute Gasteiger partial charge is 0.497 e. The molecule has 1 aliphatic rings. The van der Waals surface area contributed by atoms with Crippen molar-refractivity contribution in [1.82, 2.24) is 19.9 Å². The summed E-state index contributed by atoms with van der Waals surface area (Å²) in [6.07, 6.45) is -20.2. The van der Waals surface area contributed by atoms with Crippen molar-refractivity contribution in [2.75, 3.05) is 259 Å². The molecule has 0 spiro atoms. The summed E-state index contributed by atoms with van der Waals surface area (Å²) in [6.45, 7) is -11.8. The predicted octanol–water partition coefficient (Wildman–Crippen LogP) is -5.52. The molecule has 44 heteroatoms. The highest BCUT2D eigenvalue weighted by atomic mass is 16.6. The number of hydrogen-bond donors (Lipinski definition) is 23. The van der Waals surface area contributed by atoms with Crippen LogP contribution in [0.1, 0.15) is 45.0 Å². The second kappa shape index (κ2) is 67.3.